The Morgan fingerprint density at radius 3 is 2.38 bits per heavy atom. The highest BCUT2D eigenvalue weighted by Crippen LogP contribution is 2.34. The second-order valence-corrected chi connectivity index (χ2v) is 9.98. The van der Waals surface area contributed by atoms with Crippen LogP contribution in [0.25, 0.3) is 0 Å². The van der Waals surface area contributed by atoms with Gasteiger partial charge in [-0.05, 0) is 31.0 Å². The molecule has 0 unspecified atom stereocenters. The molecule has 1 heterocycles. The number of fused-ring (bicyclic) bond motifs is 1. The van der Waals surface area contributed by atoms with E-state index in [1.54, 1.807) is 25.1 Å². The van der Waals surface area contributed by atoms with Gasteiger partial charge >= 0.3 is 0 Å². The number of anilines is 1. The fourth-order valence-electron chi connectivity index (χ4n) is 3.56. The largest absolute Gasteiger partial charge is 0.486 e. The van der Waals surface area contributed by atoms with Crippen molar-refractivity contribution >= 4 is 27.5 Å². The van der Waals surface area contributed by atoms with E-state index in [1.807, 2.05) is 37.3 Å². The van der Waals surface area contributed by atoms with Crippen LogP contribution in [0.2, 0.25) is 0 Å². The van der Waals surface area contributed by atoms with Crippen LogP contribution in [0.4, 0.5) is 5.69 Å². The van der Waals surface area contributed by atoms with E-state index >= 15 is 0 Å². The van der Waals surface area contributed by atoms with Gasteiger partial charge in [-0.1, -0.05) is 37.3 Å². The van der Waals surface area contributed by atoms with Crippen LogP contribution in [0, 0.1) is 0 Å². The molecule has 3 rings (SSSR count). The summed E-state index contributed by atoms with van der Waals surface area (Å²) in [4.78, 5) is 27.6. The zero-order valence-electron chi connectivity index (χ0n) is 19.7. The number of carbonyl (C=O) groups excluding carboxylic acids is 2. The molecule has 184 valence electrons. The van der Waals surface area contributed by atoms with Gasteiger partial charge in [0.2, 0.25) is 21.8 Å². The predicted octanol–water partition coefficient (Wildman–Crippen LogP) is 2.17. The molecule has 0 fully saturated rings. The molecule has 0 radical (unpaired) electrons. The highest BCUT2D eigenvalue weighted by atomic mass is 32.2. The molecule has 2 amide bonds. The summed E-state index contributed by atoms with van der Waals surface area (Å²) in [5, 5.41) is 2.81. The van der Waals surface area contributed by atoms with Crippen LogP contribution < -0.4 is 19.1 Å². The maximum Gasteiger partial charge on any atom is 0.244 e. The van der Waals surface area contributed by atoms with E-state index in [1.165, 1.54) is 4.90 Å². The lowest BCUT2D eigenvalue weighted by atomic mass is 10.1. The SMILES string of the molecule is CCCNC(=O)[C@H](C)N(Cc1ccccc1)C(=O)CN(c1ccc2c(c1)OCCO2)S(C)(=O)=O. The molecule has 0 saturated heterocycles. The zero-order valence-corrected chi connectivity index (χ0v) is 20.5. The Bertz CT molecular complexity index is 1110. The van der Waals surface area contributed by atoms with Crippen molar-refractivity contribution in [1.82, 2.24) is 10.2 Å². The van der Waals surface area contributed by atoms with Gasteiger partial charge in [0.25, 0.3) is 0 Å². The summed E-state index contributed by atoms with van der Waals surface area (Å²) < 4.78 is 37.4. The third kappa shape index (κ3) is 6.40. The maximum absolute atomic E-state index is 13.5. The van der Waals surface area contributed by atoms with Gasteiger partial charge < -0.3 is 19.7 Å². The maximum atomic E-state index is 13.5. The van der Waals surface area contributed by atoms with Crippen LogP contribution >= 0.6 is 0 Å². The fourth-order valence-corrected chi connectivity index (χ4v) is 4.40. The summed E-state index contributed by atoms with van der Waals surface area (Å²) >= 11 is 0. The Morgan fingerprint density at radius 1 is 1.06 bits per heavy atom. The number of ether oxygens (including phenoxy) is 2. The Kier molecular flexibility index (Phi) is 8.38. The first-order valence-electron chi connectivity index (χ1n) is 11.2. The average Bonchev–Trinajstić information content (AvgIpc) is 2.83. The minimum atomic E-state index is -3.82. The topological polar surface area (TPSA) is 105 Å². The highest BCUT2D eigenvalue weighted by molar-refractivity contribution is 7.92. The number of rotatable bonds is 10. The van der Waals surface area contributed by atoms with Gasteiger partial charge in [-0.25, -0.2) is 8.42 Å². The van der Waals surface area contributed by atoms with Crippen molar-refractivity contribution in [2.45, 2.75) is 32.9 Å². The predicted molar refractivity (Wildman–Crippen MR) is 129 cm³/mol. The number of benzene rings is 2. The third-order valence-electron chi connectivity index (χ3n) is 5.41. The second kappa shape index (κ2) is 11.2. The first-order chi connectivity index (χ1) is 16.2. The number of sulfonamides is 1. The lowest BCUT2D eigenvalue weighted by Gasteiger charge is -2.31. The number of nitrogens with zero attached hydrogens (tertiary/aromatic N) is 2. The van der Waals surface area contributed by atoms with Crippen LogP contribution in [-0.4, -0.2) is 63.7 Å². The van der Waals surface area contributed by atoms with Crippen molar-refractivity contribution in [2.24, 2.45) is 0 Å². The molecule has 34 heavy (non-hydrogen) atoms. The fraction of sp³-hybridized carbons (Fsp3) is 0.417. The molecule has 9 nitrogen and oxygen atoms in total. The number of amides is 2. The minimum Gasteiger partial charge on any atom is -0.486 e. The van der Waals surface area contributed by atoms with Crippen molar-refractivity contribution in [2.75, 3.05) is 36.9 Å². The van der Waals surface area contributed by atoms with Crippen molar-refractivity contribution in [3.63, 3.8) is 0 Å². The second-order valence-electron chi connectivity index (χ2n) is 8.07. The molecule has 10 heteroatoms. The van der Waals surface area contributed by atoms with E-state index in [9.17, 15) is 18.0 Å². The van der Waals surface area contributed by atoms with E-state index in [4.69, 9.17) is 9.47 Å². The van der Waals surface area contributed by atoms with Crippen molar-refractivity contribution in [3.8, 4) is 11.5 Å². The van der Waals surface area contributed by atoms with Gasteiger partial charge in [-0.2, -0.15) is 0 Å². The molecular formula is C24H31N3O6S. The smallest absolute Gasteiger partial charge is 0.244 e. The van der Waals surface area contributed by atoms with Gasteiger partial charge in [0.1, 0.15) is 25.8 Å². The molecule has 2 aromatic rings. The highest BCUT2D eigenvalue weighted by Gasteiger charge is 2.30. The molecule has 0 aliphatic carbocycles. The van der Waals surface area contributed by atoms with Gasteiger partial charge in [-0.3, -0.25) is 13.9 Å². The summed E-state index contributed by atoms with van der Waals surface area (Å²) in [7, 11) is -3.82. The molecule has 2 aromatic carbocycles. The number of hydrogen-bond donors (Lipinski definition) is 1. The summed E-state index contributed by atoms with van der Waals surface area (Å²) in [6.45, 7) is 4.53. The van der Waals surface area contributed by atoms with Crippen molar-refractivity contribution in [3.05, 3.63) is 54.1 Å². The van der Waals surface area contributed by atoms with E-state index < -0.39 is 28.5 Å². The molecular weight excluding hydrogens is 458 g/mol. The van der Waals surface area contributed by atoms with E-state index in [0.29, 0.717) is 31.3 Å². The minimum absolute atomic E-state index is 0.166. The summed E-state index contributed by atoms with van der Waals surface area (Å²) in [5.74, 6) is 0.139. The van der Waals surface area contributed by atoms with Gasteiger partial charge in [0.15, 0.2) is 11.5 Å². The monoisotopic (exact) mass is 489 g/mol. The van der Waals surface area contributed by atoms with Gasteiger partial charge in [-0.15, -0.1) is 0 Å². The molecule has 1 aliphatic rings. The van der Waals surface area contributed by atoms with Crippen molar-refractivity contribution < 1.29 is 27.5 Å². The third-order valence-corrected chi connectivity index (χ3v) is 6.55. The molecule has 1 N–H and O–H groups in total. The van der Waals surface area contributed by atoms with Crippen LogP contribution in [0.15, 0.2) is 48.5 Å². The molecule has 0 aromatic heterocycles. The van der Waals surface area contributed by atoms with E-state index in [2.05, 4.69) is 5.32 Å². The lowest BCUT2D eigenvalue weighted by molar-refractivity contribution is -0.139. The number of nitrogens with one attached hydrogen (secondary N) is 1. The Balaban J connectivity index is 1.89. The van der Waals surface area contributed by atoms with Crippen LogP contribution in [-0.2, 0) is 26.2 Å². The first kappa shape index (κ1) is 25.4. The quantitative estimate of drug-likeness (QED) is 0.548. The molecule has 0 spiro atoms. The van der Waals surface area contributed by atoms with Crippen LogP contribution in [0.5, 0.6) is 11.5 Å². The summed E-state index contributed by atoms with van der Waals surface area (Å²) in [5.41, 5.74) is 1.11. The Labute approximate surface area is 200 Å². The summed E-state index contributed by atoms with van der Waals surface area (Å²) in [6, 6.07) is 13.2. The molecule has 1 atom stereocenters. The standard InChI is InChI=1S/C24H31N3O6S/c1-4-12-25-24(29)18(2)26(16-19-8-6-5-7-9-19)23(28)17-27(34(3,30)31)20-10-11-21-22(15-20)33-14-13-32-21/h5-11,15,18H,4,12-14,16-17H2,1-3H3,(H,25,29)/t18-/m0/s1. The van der Waals surface area contributed by atoms with Gasteiger partial charge in [0, 0.05) is 19.2 Å². The van der Waals surface area contributed by atoms with E-state index in [-0.39, 0.29) is 18.1 Å². The normalized spacial score (nSPS) is 13.6. The Morgan fingerprint density at radius 2 is 1.74 bits per heavy atom. The van der Waals surface area contributed by atoms with Gasteiger partial charge in [0.05, 0.1) is 11.9 Å². The molecule has 0 saturated carbocycles. The average molecular weight is 490 g/mol. The van der Waals surface area contributed by atoms with Crippen LogP contribution in [0.1, 0.15) is 25.8 Å². The van der Waals surface area contributed by atoms with Crippen molar-refractivity contribution in [1.29, 1.82) is 0 Å². The lowest BCUT2D eigenvalue weighted by Crippen LogP contribution is -2.51. The zero-order chi connectivity index (χ0) is 24.7. The Hall–Kier alpha value is -3.27. The van der Waals surface area contributed by atoms with Crippen LogP contribution in [0.3, 0.4) is 0 Å². The van der Waals surface area contributed by atoms with E-state index in [0.717, 1.165) is 22.5 Å². The number of carbonyl (C=O) groups is 2. The molecule has 1 aliphatic heterocycles. The first-order valence-corrected chi connectivity index (χ1v) is 13.0. The number of hydrogen-bond acceptors (Lipinski definition) is 6. The molecule has 0 bridgehead atoms. The summed E-state index contributed by atoms with van der Waals surface area (Å²) in [6.07, 6.45) is 1.80.